The summed E-state index contributed by atoms with van der Waals surface area (Å²) in [5.41, 5.74) is 2.72. The number of likely N-dealkylation sites (tertiary alicyclic amines) is 1. The van der Waals surface area contributed by atoms with E-state index in [1.807, 2.05) is 7.05 Å². The number of hydrogen-bond donors (Lipinski definition) is 2. The molecule has 0 saturated carbocycles. The summed E-state index contributed by atoms with van der Waals surface area (Å²) in [4.78, 5) is 12.1. The van der Waals surface area contributed by atoms with Crippen LogP contribution in [0, 0.1) is 0 Å². The van der Waals surface area contributed by atoms with E-state index in [0.29, 0.717) is 0 Å². The third-order valence-corrected chi connectivity index (χ3v) is 6.42. The minimum atomic E-state index is 0.811. The summed E-state index contributed by atoms with van der Waals surface area (Å²) in [6.07, 6.45) is 5.13. The number of rotatable bonds is 10. The third kappa shape index (κ3) is 7.89. The number of nitrogens with one attached hydrogen (secondary N) is 2. The number of hydrogen-bond acceptors (Lipinski definition) is 4. The van der Waals surface area contributed by atoms with E-state index in [9.17, 15) is 0 Å². The highest BCUT2D eigenvalue weighted by atomic mass is 15.3. The summed E-state index contributed by atoms with van der Waals surface area (Å²) < 4.78 is 0. The minimum absolute atomic E-state index is 0.811. The molecule has 30 heavy (non-hydrogen) atoms. The lowest BCUT2D eigenvalue weighted by atomic mass is 10.1. The molecule has 3 rings (SSSR count). The molecule has 2 aliphatic rings. The van der Waals surface area contributed by atoms with E-state index in [1.165, 1.54) is 89.2 Å². The lowest BCUT2D eigenvalue weighted by molar-refractivity contribution is 0.136. The van der Waals surface area contributed by atoms with Crippen molar-refractivity contribution in [3.63, 3.8) is 0 Å². The number of benzene rings is 1. The standard InChI is InChI=1S/C24H42N6/c1-3-28-16-18-29(19-17-28)13-5-4-12-26-24(25-2)27-20-22-8-10-23(11-9-22)21-30-14-6-7-15-30/h8-11H,3-7,12-21H2,1-2H3,(H2,25,26,27). The largest absolute Gasteiger partial charge is 0.356 e. The van der Waals surface area contributed by atoms with E-state index in [-0.39, 0.29) is 0 Å². The van der Waals surface area contributed by atoms with Crippen LogP contribution in [0.15, 0.2) is 29.3 Å². The maximum atomic E-state index is 4.37. The summed E-state index contributed by atoms with van der Waals surface area (Å²) in [6, 6.07) is 9.02. The lowest BCUT2D eigenvalue weighted by Crippen LogP contribution is -2.46. The van der Waals surface area contributed by atoms with Crippen molar-refractivity contribution < 1.29 is 0 Å². The van der Waals surface area contributed by atoms with Crippen LogP contribution in [0.3, 0.4) is 0 Å². The maximum Gasteiger partial charge on any atom is 0.191 e. The molecular weight excluding hydrogens is 372 g/mol. The van der Waals surface area contributed by atoms with Gasteiger partial charge in [-0.2, -0.15) is 0 Å². The molecule has 1 aromatic rings. The molecule has 0 amide bonds. The second-order valence-electron chi connectivity index (χ2n) is 8.64. The Morgan fingerprint density at radius 3 is 2.17 bits per heavy atom. The Balaban J connectivity index is 1.26. The highest BCUT2D eigenvalue weighted by molar-refractivity contribution is 5.79. The molecule has 6 nitrogen and oxygen atoms in total. The van der Waals surface area contributed by atoms with Crippen LogP contribution in [0.2, 0.25) is 0 Å². The Hall–Kier alpha value is -1.63. The van der Waals surface area contributed by atoms with Crippen LogP contribution in [-0.4, -0.2) is 86.6 Å². The summed E-state index contributed by atoms with van der Waals surface area (Å²) in [5.74, 6) is 0.896. The zero-order valence-corrected chi connectivity index (χ0v) is 19.2. The van der Waals surface area contributed by atoms with Gasteiger partial charge in [0.2, 0.25) is 0 Å². The van der Waals surface area contributed by atoms with Gasteiger partial charge in [0.25, 0.3) is 0 Å². The van der Waals surface area contributed by atoms with Gasteiger partial charge < -0.3 is 20.4 Å². The second kappa shape index (κ2) is 12.9. The van der Waals surface area contributed by atoms with Crippen LogP contribution in [0.1, 0.15) is 43.7 Å². The molecule has 0 aromatic heterocycles. The van der Waals surface area contributed by atoms with Crippen molar-refractivity contribution in [1.29, 1.82) is 0 Å². The van der Waals surface area contributed by atoms with Crippen molar-refractivity contribution in [2.45, 2.75) is 45.7 Å². The molecule has 0 spiro atoms. The predicted molar refractivity (Wildman–Crippen MR) is 127 cm³/mol. The number of unbranched alkanes of at least 4 members (excludes halogenated alkanes) is 1. The highest BCUT2D eigenvalue weighted by Crippen LogP contribution is 2.13. The minimum Gasteiger partial charge on any atom is -0.356 e. The van der Waals surface area contributed by atoms with Crippen molar-refractivity contribution in [3.8, 4) is 0 Å². The fourth-order valence-electron chi connectivity index (χ4n) is 4.36. The molecule has 0 unspecified atom stereocenters. The van der Waals surface area contributed by atoms with Gasteiger partial charge in [0.05, 0.1) is 0 Å². The van der Waals surface area contributed by atoms with Gasteiger partial charge in [-0.05, 0) is 63.0 Å². The monoisotopic (exact) mass is 414 g/mol. The molecule has 2 saturated heterocycles. The first-order valence-corrected chi connectivity index (χ1v) is 12.0. The van der Waals surface area contributed by atoms with Crippen LogP contribution in [0.4, 0.5) is 0 Å². The Bertz CT molecular complexity index is 615. The Morgan fingerprint density at radius 2 is 1.50 bits per heavy atom. The topological polar surface area (TPSA) is 46.1 Å². The summed E-state index contributed by atoms with van der Waals surface area (Å²) in [7, 11) is 1.85. The van der Waals surface area contributed by atoms with Gasteiger partial charge in [0.15, 0.2) is 5.96 Å². The summed E-state index contributed by atoms with van der Waals surface area (Å²) >= 11 is 0. The maximum absolute atomic E-state index is 4.37. The van der Waals surface area contributed by atoms with E-state index in [0.717, 1.165) is 25.6 Å². The number of piperazine rings is 1. The average molecular weight is 415 g/mol. The SMILES string of the molecule is CCN1CCN(CCCCNC(=NC)NCc2ccc(CN3CCCC3)cc2)CC1. The van der Waals surface area contributed by atoms with Crippen molar-refractivity contribution in [2.24, 2.45) is 4.99 Å². The van der Waals surface area contributed by atoms with E-state index >= 15 is 0 Å². The molecule has 0 bridgehead atoms. The van der Waals surface area contributed by atoms with Crippen LogP contribution >= 0.6 is 0 Å². The third-order valence-electron chi connectivity index (χ3n) is 6.42. The van der Waals surface area contributed by atoms with Crippen LogP contribution in [0.5, 0.6) is 0 Å². The van der Waals surface area contributed by atoms with Gasteiger partial charge in [0.1, 0.15) is 0 Å². The fourth-order valence-corrected chi connectivity index (χ4v) is 4.36. The molecule has 2 N–H and O–H groups in total. The van der Waals surface area contributed by atoms with Crippen LogP contribution in [-0.2, 0) is 13.1 Å². The molecule has 6 heteroatoms. The van der Waals surface area contributed by atoms with E-state index in [1.54, 1.807) is 0 Å². The first-order valence-electron chi connectivity index (χ1n) is 12.0. The molecule has 0 aliphatic carbocycles. The fraction of sp³-hybridized carbons (Fsp3) is 0.708. The molecule has 0 atom stereocenters. The van der Waals surface area contributed by atoms with Gasteiger partial charge >= 0.3 is 0 Å². The number of aliphatic imine (C=N–C) groups is 1. The quantitative estimate of drug-likeness (QED) is 0.350. The van der Waals surface area contributed by atoms with Crippen molar-refractivity contribution >= 4 is 5.96 Å². The highest BCUT2D eigenvalue weighted by Gasteiger charge is 2.14. The number of guanidine groups is 1. The summed E-state index contributed by atoms with van der Waals surface area (Å²) in [6.45, 7) is 14.9. The van der Waals surface area contributed by atoms with Crippen molar-refractivity contribution in [1.82, 2.24) is 25.3 Å². The lowest BCUT2D eigenvalue weighted by Gasteiger charge is -2.34. The zero-order chi connectivity index (χ0) is 21.0. The molecule has 0 radical (unpaired) electrons. The molecule has 2 aliphatic heterocycles. The molecule has 2 heterocycles. The van der Waals surface area contributed by atoms with E-state index < -0.39 is 0 Å². The molecule has 1 aromatic carbocycles. The first-order chi connectivity index (χ1) is 14.8. The predicted octanol–water partition coefficient (Wildman–Crippen LogP) is 2.37. The van der Waals surface area contributed by atoms with Gasteiger partial charge in [-0.25, -0.2) is 0 Å². The van der Waals surface area contributed by atoms with Crippen molar-refractivity contribution in [3.05, 3.63) is 35.4 Å². The Labute approximate surface area is 183 Å². The van der Waals surface area contributed by atoms with E-state index in [2.05, 4.69) is 61.5 Å². The van der Waals surface area contributed by atoms with Gasteiger partial charge in [-0.3, -0.25) is 9.89 Å². The summed E-state index contributed by atoms with van der Waals surface area (Å²) in [5, 5.41) is 6.90. The van der Waals surface area contributed by atoms with Crippen LogP contribution < -0.4 is 10.6 Å². The normalized spacial score (nSPS) is 19.3. The van der Waals surface area contributed by atoms with E-state index in [4.69, 9.17) is 0 Å². The Morgan fingerprint density at radius 1 is 0.833 bits per heavy atom. The van der Waals surface area contributed by atoms with Gasteiger partial charge in [-0.1, -0.05) is 31.2 Å². The smallest absolute Gasteiger partial charge is 0.191 e. The number of nitrogens with zero attached hydrogens (tertiary/aromatic N) is 4. The molecular formula is C24H42N6. The Kier molecular flexibility index (Phi) is 9.93. The van der Waals surface area contributed by atoms with Gasteiger partial charge in [-0.15, -0.1) is 0 Å². The van der Waals surface area contributed by atoms with Gasteiger partial charge in [0, 0.05) is 52.9 Å². The number of likely N-dealkylation sites (N-methyl/N-ethyl adjacent to an activating group) is 1. The molecule has 168 valence electrons. The second-order valence-corrected chi connectivity index (χ2v) is 8.64. The van der Waals surface area contributed by atoms with Crippen LogP contribution in [0.25, 0.3) is 0 Å². The van der Waals surface area contributed by atoms with Crippen molar-refractivity contribution in [2.75, 3.05) is 66.0 Å². The first kappa shape index (κ1) is 23.0. The zero-order valence-electron chi connectivity index (χ0n) is 19.2. The average Bonchev–Trinajstić information content (AvgIpc) is 3.30. The molecule has 2 fully saturated rings.